The summed E-state index contributed by atoms with van der Waals surface area (Å²) >= 11 is 0. The van der Waals surface area contributed by atoms with Gasteiger partial charge in [-0.3, -0.25) is 0 Å². The number of hydrogen-bond acceptors (Lipinski definition) is 0. The summed E-state index contributed by atoms with van der Waals surface area (Å²) in [5.74, 6) is 0. The molecule has 2 aromatic carbocycles. The number of unbranched alkanes of at least 4 members (excludes halogenated alkanes) is 3. The molecule has 0 saturated carbocycles. The monoisotopic (exact) mass is 378 g/mol. The molecule has 0 atom stereocenters. The zero-order valence-electron chi connectivity index (χ0n) is 16.9. The first-order valence-corrected chi connectivity index (χ1v) is 16.0. The molecule has 0 amide bonds. The van der Waals surface area contributed by atoms with Crippen molar-refractivity contribution >= 4 is 26.5 Å². The van der Waals surface area contributed by atoms with Gasteiger partial charge in [-0.25, -0.2) is 0 Å². The lowest BCUT2D eigenvalue weighted by Gasteiger charge is -2.18. The maximum atomic E-state index is 2.50. The van der Waals surface area contributed by atoms with Crippen LogP contribution in [0.5, 0.6) is 0 Å². The lowest BCUT2D eigenvalue weighted by Crippen LogP contribution is -2.39. The summed E-state index contributed by atoms with van der Waals surface area (Å²) in [6.07, 6.45) is 9.82. The number of benzene rings is 2. The first-order chi connectivity index (χ1) is 12.4. The molecule has 0 aliphatic heterocycles. The van der Waals surface area contributed by atoms with Gasteiger partial charge in [-0.2, -0.15) is 0 Å². The second-order valence-corrected chi connectivity index (χ2v) is 17.0. The topological polar surface area (TPSA) is 0 Å². The maximum absolute atomic E-state index is 2.50. The third-order valence-corrected chi connectivity index (χ3v) is 10.9. The molecule has 0 N–H and O–H groups in total. The van der Waals surface area contributed by atoms with Gasteiger partial charge in [0.2, 0.25) is 0 Å². The van der Waals surface area contributed by atoms with Crippen LogP contribution in [-0.4, -0.2) is 16.1 Å². The van der Waals surface area contributed by atoms with E-state index >= 15 is 0 Å². The summed E-state index contributed by atoms with van der Waals surface area (Å²) in [5.41, 5.74) is 5.01. The fourth-order valence-corrected chi connectivity index (χ4v) is 7.21. The Kier molecular flexibility index (Phi) is 7.86. The Morgan fingerprint density at radius 1 is 0.577 bits per heavy atom. The minimum absolute atomic E-state index is 1.20. The second-order valence-electron chi connectivity index (χ2n) is 8.26. The van der Waals surface area contributed by atoms with Crippen molar-refractivity contribution in [3.8, 4) is 0 Å². The average Bonchev–Trinajstić information content (AvgIpc) is 2.65. The van der Waals surface area contributed by atoms with Crippen molar-refractivity contribution in [3.05, 3.63) is 84.2 Å². The molecule has 0 heterocycles. The minimum Gasteiger partial charge on any atom is -0.0943 e. The predicted molar refractivity (Wildman–Crippen MR) is 124 cm³/mol. The van der Waals surface area contributed by atoms with Crippen LogP contribution in [0, 0.1) is 0 Å². The highest BCUT2D eigenvalue weighted by Gasteiger charge is 2.19. The third-order valence-electron chi connectivity index (χ3n) is 5.10. The van der Waals surface area contributed by atoms with Crippen molar-refractivity contribution in [2.24, 2.45) is 0 Å². The summed E-state index contributed by atoms with van der Waals surface area (Å²) in [4.78, 5) is 0. The van der Waals surface area contributed by atoms with E-state index in [4.69, 9.17) is 0 Å². The molecule has 0 spiro atoms. The quantitative estimate of drug-likeness (QED) is 0.372. The molecular formula is C24H34Si2. The zero-order chi connectivity index (χ0) is 18.9. The van der Waals surface area contributed by atoms with E-state index in [1.54, 1.807) is 0 Å². The van der Waals surface area contributed by atoms with E-state index in [1.807, 2.05) is 0 Å². The fraction of sp³-hybridized carbons (Fsp3) is 0.333. The molecule has 26 heavy (non-hydrogen) atoms. The summed E-state index contributed by atoms with van der Waals surface area (Å²) < 4.78 is 0. The van der Waals surface area contributed by atoms with Crippen LogP contribution in [0.25, 0.3) is 0 Å². The van der Waals surface area contributed by atoms with Crippen LogP contribution < -0.4 is 10.4 Å². The molecule has 0 aromatic heterocycles. The van der Waals surface area contributed by atoms with Gasteiger partial charge in [0, 0.05) is 0 Å². The van der Waals surface area contributed by atoms with E-state index in [0.717, 1.165) is 0 Å². The van der Waals surface area contributed by atoms with Gasteiger partial charge in [0.15, 0.2) is 0 Å². The van der Waals surface area contributed by atoms with Crippen molar-refractivity contribution in [3.63, 3.8) is 0 Å². The van der Waals surface area contributed by atoms with E-state index in [-0.39, 0.29) is 0 Å². The van der Waals surface area contributed by atoms with Crippen molar-refractivity contribution in [1.82, 2.24) is 0 Å². The summed E-state index contributed by atoms with van der Waals surface area (Å²) in [5, 5.41) is 3.04. The summed E-state index contributed by atoms with van der Waals surface area (Å²) in [6.45, 7) is 9.71. The summed E-state index contributed by atoms with van der Waals surface area (Å²) in [6, 6.07) is 21.9. The normalized spacial score (nSPS) is 12.9. The molecule has 0 aliphatic carbocycles. The van der Waals surface area contributed by atoms with E-state index < -0.39 is 16.1 Å². The molecular weight excluding hydrogens is 344 g/mol. The summed E-state index contributed by atoms with van der Waals surface area (Å²) in [7, 11) is -2.81. The number of hydrogen-bond donors (Lipinski definition) is 0. The lowest BCUT2D eigenvalue weighted by atomic mass is 10.2. The van der Waals surface area contributed by atoms with Crippen LogP contribution in [0.1, 0.15) is 25.7 Å². The van der Waals surface area contributed by atoms with E-state index in [9.17, 15) is 0 Å². The van der Waals surface area contributed by atoms with Gasteiger partial charge >= 0.3 is 0 Å². The molecule has 0 bridgehead atoms. The van der Waals surface area contributed by atoms with E-state index in [0.29, 0.717) is 0 Å². The molecule has 138 valence electrons. The van der Waals surface area contributed by atoms with Crippen LogP contribution in [0.2, 0.25) is 26.2 Å². The molecule has 0 unspecified atom stereocenters. The number of allylic oxidation sites excluding steroid dienone is 2. The SMILES string of the molecule is C[Si](C)(/C=C/CCCC/C=C/[Si](C)(C)c1ccccc1)c1ccccc1. The Bertz CT molecular complexity index is 634. The number of rotatable bonds is 9. The Balaban J connectivity index is 1.71. The fourth-order valence-electron chi connectivity index (χ4n) is 3.21. The van der Waals surface area contributed by atoms with Gasteiger partial charge in [0.1, 0.15) is 16.1 Å². The van der Waals surface area contributed by atoms with Crippen molar-refractivity contribution in [2.75, 3.05) is 0 Å². The molecule has 0 saturated heterocycles. The first-order valence-electron chi connectivity index (χ1n) is 9.88. The van der Waals surface area contributed by atoms with Gasteiger partial charge in [-0.1, -0.05) is 121 Å². The highest BCUT2D eigenvalue weighted by Crippen LogP contribution is 2.10. The van der Waals surface area contributed by atoms with Crippen LogP contribution in [0.4, 0.5) is 0 Å². The van der Waals surface area contributed by atoms with Crippen molar-refractivity contribution in [2.45, 2.75) is 51.9 Å². The molecule has 2 heteroatoms. The van der Waals surface area contributed by atoms with E-state index in [2.05, 4.69) is 110 Å². The van der Waals surface area contributed by atoms with Crippen LogP contribution in [0.3, 0.4) is 0 Å². The van der Waals surface area contributed by atoms with Crippen LogP contribution in [-0.2, 0) is 0 Å². The highest BCUT2D eigenvalue weighted by atomic mass is 28.3. The van der Waals surface area contributed by atoms with Crippen molar-refractivity contribution in [1.29, 1.82) is 0 Å². The Morgan fingerprint density at radius 3 is 1.27 bits per heavy atom. The standard InChI is InChI=1S/C24H34Si2/c1-25(2,23-17-11-9-12-18-23)21-15-7-5-6-8-16-22-26(3,4)24-19-13-10-14-20-24/h9-22H,5-8H2,1-4H3/b21-15+,22-16+. The zero-order valence-corrected chi connectivity index (χ0v) is 18.9. The van der Waals surface area contributed by atoms with Crippen LogP contribution in [0.15, 0.2) is 84.2 Å². The van der Waals surface area contributed by atoms with Gasteiger partial charge in [-0.15, -0.1) is 0 Å². The van der Waals surface area contributed by atoms with Gasteiger partial charge in [-0.05, 0) is 25.7 Å². The molecule has 0 nitrogen and oxygen atoms in total. The first kappa shape index (κ1) is 20.7. The molecule has 0 radical (unpaired) electrons. The highest BCUT2D eigenvalue weighted by molar-refractivity contribution is 6.94. The molecule has 0 aliphatic rings. The largest absolute Gasteiger partial charge is 0.103 e. The van der Waals surface area contributed by atoms with Gasteiger partial charge < -0.3 is 0 Å². The predicted octanol–water partition coefficient (Wildman–Crippen LogP) is 5.97. The van der Waals surface area contributed by atoms with Crippen LogP contribution >= 0.6 is 0 Å². The minimum atomic E-state index is -1.41. The van der Waals surface area contributed by atoms with Gasteiger partial charge in [0.25, 0.3) is 0 Å². The molecule has 0 fully saturated rings. The van der Waals surface area contributed by atoms with Crippen molar-refractivity contribution < 1.29 is 0 Å². The Morgan fingerprint density at radius 2 is 0.923 bits per heavy atom. The van der Waals surface area contributed by atoms with Gasteiger partial charge in [0.05, 0.1) is 0 Å². The third kappa shape index (κ3) is 6.58. The molecule has 2 aromatic rings. The average molecular weight is 379 g/mol. The van der Waals surface area contributed by atoms with E-state index in [1.165, 1.54) is 36.1 Å². The lowest BCUT2D eigenvalue weighted by molar-refractivity contribution is 0.763. The Hall–Kier alpha value is -1.65. The smallest absolute Gasteiger partial charge is 0.0943 e. The Labute approximate surface area is 162 Å². The second kappa shape index (κ2) is 9.89. The molecule has 2 rings (SSSR count). The maximum Gasteiger partial charge on any atom is 0.103 e.